The van der Waals surface area contributed by atoms with Crippen molar-refractivity contribution in [2.24, 2.45) is 0 Å². The minimum absolute atomic E-state index is 0.198. The lowest BCUT2D eigenvalue weighted by Gasteiger charge is -2.21. The van der Waals surface area contributed by atoms with E-state index in [1.165, 1.54) is 6.42 Å². The van der Waals surface area contributed by atoms with Crippen LogP contribution in [0.15, 0.2) is 53.3 Å². The van der Waals surface area contributed by atoms with Gasteiger partial charge in [-0.2, -0.15) is 0 Å². The molecule has 4 rings (SSSR count). The second-order valence-corrected chi connectivity index (χ2v) is 8.33. The van der Waals surface area contributed by atoms with Gasteiger partial charge in [0.25, 0.3) is 11.5 Å². The van der Waals surface area contributed by atoms with E-state index in [9.17, 15) is 9.59 Å². The van der Waals surface area contributed by atoms with Crippen molar-refractivity contribution in [2.75, 3.05) is 5.32 Å². The SMILES string of the molecule is O=C(Nc1cc(Cl)c(Oc2cc(C3CCCCC3)c(=O)[nH]n2)c(Cl)c1)c1ccccc1. The van der Waals surface area contributed by atoms with E-state index in [-0.39, 0.29) is 39.1 Å². The molecule has 1 amide bonds. The van der Waals surface area contributed by atoms with Gasteiger partial charge >= 0.3 is 0 Å². The van der Waals surface area contributed by atoms with Crippen LogP contribution in [0, 0.1) is 0 Å². The summed E-state index contributed by atoms with van der Waals surface area (Å²) in [5, 5.41) is 9.67. The summed E-state index contributed by atoms with van der Waals surface area (Å²) in [7, 11) is 0. The van der Waals surface area contributed by atoms with E-state index in [4.69, 9.17) is 27.9 Å². The minimum Gasteiger partial charge on any atom is -0.434 e. The first-order valence-electron chi connectivity index (χ1n) is 10.1. The van der Waals surface area contributed by atoms with Gasteiger partial charge in [-0.25, -0.2) is 5.10 Å². The third-order valence-corrected chi connectivity index (χ3v) is 5.91. The molecular weight excluding hydrogens is 437 g/mol. The van der Waals surface area contributed by atoms with Gasteiger partial charge in [-0.05, 0) is 43.0 Å². The Bertz CT molecular complexity index is 1120. The molecule has 1 aliphatic carbocycles. The third-order valence-electron chi connectivity index (χ3n) is 5.35. The molecule has 6 nitrogen and oxygen atoms in total. The maximum absolute atomic E-state index is 12.4. The summed E-state index contributed by atoms with van der Waals surface area (Å²) < 4.78 is 5.81. The van der Waals surface area contributed by atoms with Crippen LogP contribution in [0.25, 0.3) is 0 Å². The molecular formula is C23H21Cl2N3O3. The highest BCUT2D eigenvalue weighted by Crippen LogP contribution is 2.39. The minimum atomic E-state index is -0.277. The molecule has 0 bridgehead atoms. The first kappa shape index (κ1) is 21.4. The van der Waals surface area contributed by atoms with Crippen LogP contribution in [0.2, 0.25) is 10.0 Å². The van der Waals surface area contributed by atoms with Crippen molar-refractivity contribution in [3.05, 3.63) is 80.1 Å². The number of anilines is 1. The van der Waals surface area contributed by atoms with E-state index in [0.717, 1.165) is 25.7 Å². The van der Waals surface area contributed by atoms with Crippen LogP contribution in [0.4, 0.5) is 5.69 Å². The number of H-pyrrole nitrogens is 1. The molecule has 1 aliphatic rings. The number of amides is 1. The van der Waals surface area contributed by atoms with Crippen LogP contribution < -0.4 is 15.6 Å². The molecule has 0 unspecified atom stereocenters. The quantitative estimate of drug-likeness (QED) is 0.479. The van der Waals surface area contributed by atoms with E-state index < -0.39 is 0 Å². The number of ether oxygens (including phenoxy) is 1. The van der Waals surface area contributed by atoms with E-state index >= 15 is 0 Å². The number of hydrogen-bond acceptors (Lipinski definition) is 4. The fourth-order valence-corrected chi connectivity index (χ4v) is 4.36. The molecule has 0 atom stereocenters. The molecule has 0 saturated heterocycles. The Morgan fingerprint density at radius 2 is 1.71 bits per heavy atom. The molecule has 0 spiro atoms. The van der Waals surface area contributed by atoms with Gasteiger partial charge in [-0.3, -0.25) is 9.59 Å². The molecule has 1 aromatic heterocycles. The number of nitrogens with zero attached hydrogens (tertiary/aromatic N) is 1. The molecule has 2 aromatic carbocycles. The number of halogens is 2. The summed E-state index contributed by atoms with van der Waals surface area (Å²) >= 11 is 12.7. The van der Waals surface area contributed by atoms with E-state index in [1.807, 2.05) is 6.07 Å². The van der Waals surface area contributed by atoms with E-state index in [2.05, 4.69) is 15.5 Å². The summed E-state index contributed by atoms with van der Waals surface area (Å²) in [6.45, 7) is 0. The van der Waals surface area contributed by atoms with E-state index in [0.29, 0.717) is 16.8 Å². The maximum atomic E-state index is 12.4. The number of nitrogens with one attached hydrogen (secondary N) is 2. The maximum Gasteiger partial charge on any atom is 0.267 e. The number of rotatable bonds is 5. The van der Waals surface area contributed by atoms with Crippen molar-refractivity contribution in [1.82, 2.24) is 10.2 Å². The van der Waals surface area contributed by atoms with Gasteiger partial charge in [0.05, 0.1) is 10.0 Å². The zero-order valence-corrected chi connectivity index (χ0v) is 18.2. The van der Waals surface area contributed by atoms with Crippen LogP contribution in [0.5, 0.6) is 11.6 Å². The van der Waals surface area contributed by atoms with Crippen LogP contribution in [-0.2, 0) is 0 Å². The van der Waals surface area contributed by atoms with Gasteiger partial charge in [-0.1, -0.05) is 60.7 Å². The summed E-state index contributed by atoms with van der Waals surface area (Å²) in [4.78, 5) is 24.6. The Kier molecular flexibility index (Phi) is 6.59. The van der Waals surface area contributed by atoms with Crippen LogP contribution >= 0.6 is 23.2 Å². The van der Waals surface area contributed by atoms with Crippen LogP contribution in [-0.4, -0.2) is 16.1 Å². The van der Waals surface area contributed by atoms with Crippen molar-refractivity contribution < 1.29 is 9.53 Å². The Morgan fingerprint density at radius 3 is 2.39 bits per heavy atom. The van der Waals surface area contributed by atoms with Crippen molar-refractivity contribution >= 4 is 34.8 Å². The standard InChI is InChI=1S/C23H21Cl2N3O3/c24-18-11-16(26-22(29)15-9-5-2-6-10-15)12-19(25)21(18)31-20-13-17(23(30)28-27-20)14-7-3-1-4-8-14/h2,5-6,9-14H,1,3-4,7-8H2,(H,26,29)(H,28,30). The second-order valence-electron chi connectivity index (χ2n) is 7.52. The summed E-state index contributed by atoms with van der Waals surface area (Å²) in [5.74, 6) is 0.338. The molecule has 1 fully saturated rings. The number of carbonyl (C=O) groups excluding carboxylic acids is 1. The number of benzene rings is 2. The van der Waals surface area contributed by atoms with Crippen LogP contribution in [0.3, 0.4) is 0 Å². The normalized spacial score (nSPS) is 14.3. The Balaban J connectivity index is 1.54. The molecule has 0 radical (unpaired) electrons. The van der Waals surface area contributed by atoms with Gasteiger partial charge in [0, 0.05) is 22.9 Å². The lowest BCUT2D eigenvalue weighted by molar-refractivity contribution is 0.102. The van der Waals surface area contributed by atoms with Gasteiger partial charge in [-0.15, -0.1) is 5.10 Å². The first-order chi connectivity index (χ1) is 15.0. The number of carbonyl (C=O) groups is 1. The molecule has 31 heavy (non-hydrogen) atoms. The van der Waals surface area contributed by atoms with Crippen LogP contribution in [0.1, 0.15) is 53.9 Å². The summed E-state index contributed by atoms with van der Waals surface area (Å²) in [6.07, 6.45) is 5.36. The van der Waals surface area contributed by atoms with Gasteiger partial charge < -0.3 is 10.1 Å². The van der Waals surface area contributed by atoms with E-state index in [1.54, 1.807) is 42.5 Å². The van der Waals surface area contributed by atoms with Gasteiger partial charge in [0.15, 0.2) is 5.75 Å². The molecule has 1 heterocycles. The predicted octanol–water partition coefficient (Wildman–Crippen LogP) is 6.17. The van der Waals surface area contributed by atoms with Gasteiger partial charge in [0.1, 0.15) is 0 Å². The smallest absolute Gasteiger partial charge is 0.267 e. The Morgan fingerprint density at radius 1 is 1.03 bits per heavy atom. The fourth-order valence-electron chi connectivity index (χ4n) is 3.80. The highest BCUT2D eigenvalue weighted by atomic mass is 35.5. The molecule has 3 aromatic rings. The predicted molar refractivity (Wildman–Crippen MR) is 122 cm³/mol. The largest absolute Gasteiger partial charge is 0.434 e. The summed E-state index contributed by atoms with van der Waals surface area (Å²) in [5.41, 5.74) is 1.43. The number of hydrogen-bond donors (Lipinski definition) is 2. The lowest BCUT2D eigenvalue weighted by Crippen LogP contribution is -2.19. The Labute approximate surface area is 189 Å². The van der Waals surface area contributed by atoms with Crippen molar-refractivity contribution in [3.8, 4) is 11.6 Å². The average Bonchev–Trinajstić information content (AvgIpc) is 2.78. The van der Waals surface area contributed by atoms with Crippen molar-refractivity contribution in [2.45, 2.75) is 38.0 Å². The number of aromatic amines is 1. The fraction of sp³-hybridized carbons (Fsp3) is 0.261. The highest BCUT2D eigenvalue weighted by molar-refractivity contribution is 6.37. The Hall–Kier alpha value is -2.83. The first-order valence-corrected chi connectivity index (χ1v) is 10.9. The molecule has 160 valence electrons. The average molecular weight is 458 g/mol. The molecule has 8 heteroatoms. The summed E-state index contributed by atoms with van der Waals surface area (Å²) in [6, 6.07) is 13.6. The van der Waals surface area contributed by atoms with Crippen molar-refractivity contribution in [1.29, 1.82) is 0 Å². The van der Waals surface area contributed by atoms with Crippen molar-refractivity contribution in [3.63, 3.8) is 0 Å². The lowest BCUT2D eigenvalue weighted by atomic mass is 9.85. The molecule has 1 saturated carbocycles. The third kappa shape index (κ3) is 5.09. The zero-order chi connectivity index (χ0) is 21.8. The second kappa shape index (κ2) is 9.54. The molecule has 0 aliphatic heterocycles. The number of aromatic nitrogens is 2. The zero-order valence-electron chi connectivity index (χ0n) is 16.7. The monoisotopic (exact) mass is 457 g/mol. The van der Waals surface area contributed by atoms with Gasteiger partial charge in [0.2, 0.25) is 5.88 Å². The topological polar surface area (TPSA) is 84.1 Å². The highest BCUT2D eigenvalue weighted by Gasteiger charge is 2.20. The molecule has 2 N–H and O–H groups in total.